The molecule has 2 amide bonds. The minimum absolute atomic E-state index is 0.0116. The van der Waals surface area contributed by atoms with Gasteiger partial charge in [-0.25, -0.2) is 0 Å². The highest BCUT2D eigenvalue weighted by Crippen LogP contribution is 2.39. The zero-order valence-electron chi connectivity index (χ0n) is 16.7. The molecule has 2 atom stereocenters. The lowest BCUT2D eigenvalue weighted by molar-refractivity contribution is -0.711. The van der Waals surface area contributed by atoms with Gasteiger partial charge >= 0.3 is 0 Å². The van der Waals surface area contributed by atoms with Crippen LogP contribution in [0.2, 0.25) is 0 Å². The number of nitrogens with zero attached hydrogens (tertiary/aromatic N) is 2. The molecule has 1 saturated heterocycles. The molecule has 1 aliphatic heterocycles. The van der Waals surface area contributed by atoms with Crippen molar-refractivity contribution in [1.82, 2.24) is 5.32 Å². The van der Waals surface area contributed by atoms with Crippen molar-refractivity contribution in [3.05, 3.63) is 65.3 Å². The first-order valence-electron chi connectivity index (χ1n) is 10.0. The summed E-state index contributed by atoms with van der Waals surface area (Å²) in [6, 6.07) is 10.0. The molecule has 7 nitrogen and oxygen atoms in total. The first-order chi connectivity index (χ1) is 14.6. The number of hydrogen-bond donors (Lipinski definition) is 1. The average Bonchev–Trinajstić information content (AvgIpc) is 3.27. The highest BCUT2D eigenvalue weighted by molar-refractivity contribution is 6.14. The molecule has 0 unspecified atom stereocenters. The smallest absolute Gasteiger partial charge is 0.296 e. The third kappa shape index (κ3) is 3.72. The Balaban J connectivity index is 1.76. The van der Waals surface area contributed by atoms with Crippen molar-refractivity contribution in [1.29, 1.82) is 0 Å². The summed E-state index contributed by atoms with van der Waals surface area (Å²) in [5.74, 6) is 1.29. The number of pyridine rings is 1. The lowest BCUT2D eigenvalue weighted by atomic mass is 9.81. The quantitative estimate of drug-likeness (QED) is 0.358. The molecule has 7 heteroatoms. The van der Waals surface area contributed by atoms with Gasteiger partial charge in [-0.2, -0.15) is 4.57 Å². The van der Waals surface area contributed by atoms with Gasteiger partial charge in [-0.05, 0) is 43.4 Å². The Bertz CT molecular complexity index is 1010. The van der Waals surface area contributed by atoms with E-state index >= 15 is 0 Å². The van der Waals surface area contributed by atoms with E-state index in [1.165, 1.54) is 0 Å². The molecule has 1 saturated carbocycles. The number of ether oxygens (including phenoxy) is 2. The molecule has 0 radical (unpaired) electrons. The molecule has 2 aromatic rings. The van der Waals surface area contributed by atoms with E-state index in [1.54, 1.807) is 54.4 Å². The molecule has 1 aliphatic carbocycles. The zero-order chi connectivity index (χ0) is 21.1. The number of hydrogen-bond acceptors (Lipinski definition) is 4. The summed E-state index contributed by atoms with van der Waals surface area (Å²) in [6.45, 7) is 0. The van der Waals surface area contributed by atoms with E-state index in [0.29, 0.717) is 17.1 Å². The van der Waals surface area contributed by atoms with Gasteiger partial charge in [0.05, 0.1) is 24.7 Å². The predicted molar refractivity (Wildman–Crippen MR) is 109 cm³/mol. The second kappa shape index (κ2) is 8.51. The molecular formula is C23H23N3O4. The van der Waals surface area contributed by atoms with Crippen LogP contribution >= 0.6 is 0 Å². The van der Waals surface area contributed by atoms with Gasteiger partial charge in [0.2, 0.25) is 6.04 Å². The highest BCUT2D eigenvalue weighted by atomic mass is 16.5. The van der Waals surface area contributed by atoms with Gasteiger partial charge in [0.15, 0.2) is 23.9 Å². The Hall–Kier alpha value is -3.44. The summed E-state index contributed by atoms with van der Waals surface area (Å²) >= 11 is 0. The summed E-state index contributed by atoms with van der Waals surface area (Å²) in [7, 11) is 1.55. The van der Waals surface area contributed by atoms with Crippen LogP contribution in [0.25, 0.3) is 5.41 Å². The van der Waals surface area contributed by atoms with Crippen LogP contribution in [-0.4, -0.2) is 30.9 Å². The first-order valence-corrected chi connectivity index (χ1v) is 10.0. The number of piperidine rings is 1. The molecule has 4 rings (SSSR count). The summed E-state index contributed by atoms with van der Waals surface area (Å²) in [5, 5.41) is 12.0. The monoisotopic (exact) mass is 405 g/mol. The van der Waals surface area contributed by atoms with E-state index in [0.717, 1.165) is 25.7 Å². The second-order valence-electron chi connectivity index (χ2n) is 7.52. The Kier molecular flexibility index (Phi) is 5.63. The number of methoxy groups -OCH3 is 1. The first kappa shape index (κ1) is 19.9. The average molecular weight is 405 g/mol. The number of carbonyl (C=O) groups is 2. The fourth-order valence-corrected chi connectivity index (χ4v) is 4.24. The lowest BCUT2D eigenvalue weighted by Gasteiger charge is -2.29. The van der Waals surface area contributed by atoms with E-state index in [1.807, 2.05) is 11.9 Å². The van der Waals surface area contributed by atoms with Crippen molar-refractivity contribution >= 4 is 17.7 Å². The van der Waals surface area contributed by atoms with Gasteiger partial charge in [-0.15, -0.1) is 0 Å². The number of benzene rings is 1. The number of amides is 2. The summed E-state index contributed by atoms with van der Waals surface area (Å²) < 4.78 is 13.3. The maximum atomic E-state index is 12.8. The molecule has 0 spiro atoms. The molecular weight excluding hydrogens is 382 g/mol. The van der Waals surface area contributed by atoms with E-state index in [-0.39, 0.29) is 11.7 Å². The van der Waals surface area contributed by atoms with Crippen LogP contribution in [-0.2, 0) is 9.59 Å². The molecule has 1 N–H and O–H groups in total. The fourth-order valence-electron chi connectivity index (χ4n) is 4.24. The maximum Gasteiger partial charge on any atom is 0.296 e. The Morgan fingerprint density at radius 2 is 1.83 bits per heavy atom. The number of rotatable bonds is 5. The van der Waals surface area contributed by atoms with Crippen molar-refractivity contribution in [3.63, 3.8) is 0 Å². The van der Waals surface area contributed by atoms with Crippen LogP contribution in [0, 0.1) is 0 Å². The third-order valence-electron chi connectivity index (χ3n) is 5.70. The standard InChI is InChI=1S/C23H23N3O4/c1-29-19-13-15(9-10-18(19)30-16-7-3-4-8-16)20-17(14-24)22(27)25-23(28)21(20)26-11-5-2-6-12-26/h2,5-6,9-13,16,20-21H,3-4,7-8H2,1H3,(H,25,27,28)/t20-,21+/m0/s1. The van der Waals surface area contributed by atoms with Gasteiger partial charge in [-0.1, -0.05) is 12.1 Å². The summed E-state index contributed by atoms with van der Waals surface area (Å²) in [4.78, 5) is 25.2. The SMILES string of the molecule is COc1cc([C@H]2C(=C=[N-])C(=O)NC(=O)[C@@H]2[n+]2ccccc2)ccc1OC1CCCC1. The van der Waals surface area contributed by atoms with Gasteiger partial charge in [0.25, 0.3) is 11.8 Å². The minimum Gasteiger partial charge on any atom is -0.763 e. The number of aromatic nitrogens is 1. The van der Waals surface area contributed by atoms with Gasteiger partial charge in [-0.3, -0.25) is 20.8 Å². The second-order valence-corrected chi connectivity index (χ2v) is 7.52. The molecule has 2 heterocycles. The Labute approximate surface area is 174 Å². The topological polar surface area (TPSA) is 90.8 Å². The van der Waals surface area contributed by atoms with Gasteiger partial charge in [0, 0.05) is 12.1 Å². The molecule has 2 fully saturated rings. The summed E-state index contributed by atoms with van der Waals surface area (Å²) in [5.41, 5.74) is 0.634. The van der Waals surface area contributed by atoms with Gasteiger partial charge < -0.3 is 14.9 Å². The lowest BCUT2D eigenvalue weighted by Crippen LogP contribution is -2.57. The van der Waals surface area contributed by atoms with E-state index in [2.05, 4.69) is 5.32 Å². The molecule has 0 bridgehead atoms. The van der Waals surface area contributed by atoms with Crippen molar-refractivity contribution in [2.75, 3.05) is 7.11 Å². The molecule has 154 valence electrons. The van der Waals surface area contributed by atoms with E-state index in [4.69, 9.17) is 9.47 Å². The molecule has 1 aromatic carbocycles. The molecule has 30 heavy (non-hydrogen) atoms. The normalized spacial score (nSPS) is 21.8. The van der Waals surface area contributed by atoms with Crippen LogP contribution in [0.1, 0.15) is 43.2 Å². The van der Waals surface area contributed by atoms with Crippen LogP contribution < -0.4 is 19.4 Å². The fraction of sp³-hybridized carbons (Fsp3) is 0.348. The van der Waals surface area contributed by atoms with E-state index in [9.17, 15) is 15.0 Å². The Morgan fingerprint density at radius 1 is 1.10 bits per heavy atom. The van der Waals surface area contributed by atoms with Crippen LogP contribution in [0.15, 0.2) is 54.4 Å². The van der Waals surface area contributed by atoms with Crippen LogP contribution in [0.5, 0.6) is 11.5 Å². The molecule has 2 aliphatic rings. The highest BCUT2D eigenvalue weighted by Gasteiger charge is 2.46. The van der Waals surface area contributed by atoms with Crippen LogP contribution in [0.3, 0.4) is 0 Å². The van der Waals surface area contributed by atoms with E-state index < -0.39 is 23.8 Å². The summed E-state index contributed by atoms with van der Waals surface area (Å²) in [6.07, 6.45) is 8.00. The predicted octanol–water partition coefficient (Wildman–Crippen LogP) is 2.45. The van der Waals surface area contributed by atoms with Crippen molar-refractivity contribution in [2.45, 2.75) is 43.7 Å². The minimum atomic E-state index is -0.773. The van der Waals surface area contributed by atoms with Crippen molar-refractivity contribution in [3.8, 4) is 11.5 Å². The van der Waals surface area contributed by atoms with Crippen LogP contribution in [0.4, 0.5) is 0 Å². The van der Waals surface area contributed by atoms with Crippen molar-refractivity contribution < 1.29 is 23.6 Å². The number of carbonyl (C=O) groups excluding carboxylic acids is 2. The largest absolute Gasteiger partial charge is 0.763 e. The third-order valence-corrected chi connectivity index (χ3v) is 5.70. The molecule has 1 aromatic heterocycles. The number of imide groups is 1. The number of nitrogens with one attached hydrogen (secondary N) is 1. The van der Waals surface area contributed by atoms with Gasteiger partial charge in [0.1, 0.15) is 0 Å². The Morgan fingerprint density at radius 3 is 2.50 bits per heavy atom. The van der Waals surface area contributed by atoms with Crippen molar-refractivity contribution in [2.24, 2.45) is 0 Å². The maximum absolute atomic E-state index is 12.8. The zero-order valence-corrected chi connectivity index (χ0v) is 16.7.